The highest BCUT2D eigenvalue weighted by molar-refractivity contribution is 7.22. The van der Waals surface area contributed by atoms with Crippen molar-refractivity contribution in [2.45, 2.75) is 0 Å². The summed E-state index contributed by atoms with van der Waals surface area (Å²) in [6.45, 7) is 3.96. The molecule has 2 aromatic carbocycles. The number of anilines is 4. The van der Waals surface area contributed by atoms with Crippen LogP contribution in [-0.2, 0) is 0 Å². The lowest BCUT2D eigenvalue weighted by atomic mass is 10.2. The van der Waals surface area contributed by atoms with Crippen LogP contribution < -0.4 is 15.5 Å². The van der Waals surface area contributed by atoms with E-state index in [9.17, 15) is 4.79 Å². The smallest absolute Gasteiger partial charge is 0.257 e. The van der Waals surface area contributed by atoms with Crippen molar-refractivity contribution < 1.29 is 4.79 Å². The van der Waals surface area contributed by atoms with Gasteiger partial charge >= 0.3 is 0 Å². The largest absolute Gasteiger partial charge is 0.354 e. The topological polar surface area (TPSA) is 86.3 Å². The number of aromatic nitrogens is 3. The minimum atomic E-state index is -0.169. The number of carbonyl (C=O) groups is 1. The molecule has 162 valence electrons. The van der Waals surface area contributed by atoms with Gasteiger partial charge in [0.15, 0.2) is 5.13 Å². The monoisotopic (exact) mass is 445 g/mol. The van der Waals surface area contributed by atoms with Crippen LogP contribution in [0.3, 0.4) is 0 Å². The van der Waals surface area contributed by atoms with Crippen molar-refractivity contribution in [2.75, 3.05) is 48.8 Å². The number of likely N-dealkylation sites (N-methyl/N-ethyl adjacent to an activating group) is 1. The van der Waals surface area contributed by atoms with Gasteiger partial charge in [-0.3, -0.25) is 10.1 Å². The number of benzene rings is 2. The fourth-order valence-electron chi connectivity index (χ4n) is 3.56. The van der Waals surface area contributed by atoms with Gasteiger partial charge in [-0.05, 0) is 43.4 Å². The number of nitrogens with zero attached hydrogens (tertiary/aromatic N) is 5. The quantitative estimate of drug-likeness (QED) is 0.483. The average molecular weight is 446 g/mol. The third kappa shape index (κ3) is 4.53. The number of hydrogen-bond donors (Lipinski definition) is 2. The lowest BCUT2D eigenvalue weighted by Crippen LogP contribution is -2.44. The van der Waals surface area contributed by atoms with Gasteiger partial charge in [0.2, 0.25) is 5.95 Å². The van der Waals surface area contributed by atoms with E-state index in [1.165, 1.54) is 11.3 Å². The minimum absolute atomic E-state index is 0.169. The van der Waals surface area contributed by atoms with Crippen LogP contribution in [0.4, 0.5) is 22.6 Å². The number of rotatable bonds is 5. The lowest BCUT2D eigenvalue weighted by molar-refractivity contribution is 0.102. The molecule has 1 amide bonds. The van der Waals surface area contributed by atoms with Crippen molar-refractivity contribution in [2.24, 2.45) is 0 Å². The van der Waals surface area contributed by atoms with Crippen LogP contribution in [0, 0.1) is 0 Å². The van der Waals surface area contributed by atoms with Crippen LogP contribution in [0.1, 0.15) is 10.4 Å². The predicted octanol–water partition coefficient (Wildman–Crippen LogP) is 3.83. The highest BCUT2D eigenvalue weighted by atomic mass is 32.1. The fourth-order valence-corrected chi connectivity index (χ4v) is 4.46. The zero-order valence-corrected chi connectivity index (χ0v) is 18.5. The van der Waals surface area contributed by atoms with E-state index in [-0.39, 0.29) is 5.91 Å². The Morgan fingerprint density at radius 2 is 1.81 bits per heavy atom. The average Bonchev–Trinajstić information content (AvgIpc) is 3.22. The summed E-state index contributed by atoms with van der Waals surface area (Å²) in [5.74, 6) is 1.32. The molecular formula is C23H23N7OS. The van der Waals surface area contributed by atoms with Gasteiger partial charge in [-0.25, -0.2) is 9.97 Å². The second kappa shape index (κ2) is 8.89. The summed E-state index contributed by atoms with van der Waals surface area (Å²) in [6, 6.07) is 16.9. The predicted molar refractivity (Wildman–Crippen MR) is 129 cm³/mol. The van der Waals surface area contributed by atoms with E-state index in [2.05, 4.69) is 37.4 Å². The molecule has 0 atom stereocenters. The molecule has 2 N–H and O–H groups in total. The van der Waals surface area contributed by atoms with E-state index in [0.717, 1.165) is 47.9 Å². The maximum Gasteiger partial charge on any atom is 0.257 e. The summed E-state index contributed by atoms with van der Waals surface area (Å²) in [6.07, 6.45) is 1.78. The number of carbonyl (C=O) groups excluding carboxylic acids is 1. The van der Waals surface area contributed by atoms with E-state index in [1.807, 2.05) is 42.5 Å². The molecule has 1 saturated heterocycles. The second-order valence-corrected chi connectivity index (χ2v) is 8.71. The van der Waals surface area contributed by atoms with E-state index in [0.29, 0.717) is 16.6 Å². The fraction of sp³-hybridized carbons (Fsp3) is 0.217. The lowest BCUT2D eigenvalue weighted by Gasteiger charge is -2.33. The van der Waals surface area contributed by atoms with Gasteiger partial charge in [0.1, 0.15) is 5.82 Å². The van der Waals surface area contributed by atoms with E-state index in [4.69, 9.17) is 4.98 Å². The van der Waals surface area contributed by atoms with Crippen LogP contribution in [0.5, 0.6) is 0 Å². The number of hydrogen-bond acceptors (Lipinski definition) is 8. The first-order valence-corrected chi connectivity index (χ1v) is 11.3. The van der Waals surface area contributed by atoms with Crippen molar-refractivity contribution in [1.82, 2.24) is 19.9 Å². The summed E-state index contributed by atoms with van der Waals surface area (Å²) in [5, 5.41) is 6.74. The molecule has 1 fully saturated rings. The molecular weight excluding hydrogens is 422 g/mol. The Morgan fingerprint density at radius 1 is 1.00 bits per heavy atom. The van der Waals surface area contributed by atoms with Crippen LogP contribution in [0.15, 0.2) is 60.8 Å². The molecule has 9 heteroatoms. The molecule has 4 aromatic rings. The maximum atomic E-state index is 12.4. The molecule has 0 unspecified atom stereocenters. The third-order valence-corrected chi connectivity index (χ3v) is 6.30. The highest BCUT2D eigenvalue weighted by Crippen LogP contribution is 2.29. The Labute approximate surface area is 189 Å². The van der Waals surface area contributed by atoms with Gasteiger partial charge in [0, 0.05) is 43.6 Å². The molecule has 1 aliphatic heterocycles. The molecule has 0 aliphatic carbocycles. The maximum absolute atomic E-state index is 12.4. The molecule has 32 heavy (non-hydrogen) atoms. The molecule has 8 nitrogen and oxygen atoms in total. The van der Waals surface area contributed by atoms with Crippen molar-refractivity contribution in [3.63, 3.8) is 0 Å². The molecule has 5 rings (SSSR count). The Hall–Kier alpha value is -3.56. The first-order valence-electron chi connectivity index (χ1n) is 10.4. The van der Waals surface area contributed by atoms with Crippen LogP contribution in [0.2, 0.25) is 0 Å². The van der Waals surface area contributed by atoms with Crippen molar-refractivity contribution in [3.05, 3.63) is 66.4 Å². The Balaban J connectivity index is 1.30. The number of fused-ring (bicyclic) bond motifs is 1. The first kappa shape index (κ1) is 20.3. The van der Waals surface area contributed by atoms with E-state index in [1.54, 1.807) is 18.3 Å². The van der Waals surface area contributed by atoms with Crippen LogP contribution in [0.25, 0.3) is 10.2 Å². The Bertz CT molecular complexity index is 1240. The second-order valence-electron chi connectivity index (χ2n) is 7.68. The number of nitrogens with one attached hydrogen (secondary N) is 2. The summed E-state index contributed by atoms with van der Waals surface area (Å²) in [5.41, 5.74) is 2.31. The third-order valence-electron chi connectivity index (χ3n) is 5.37. The summed E-state index contributed by atoms with van der Waals surface area (Å²) in [7, 11) is 2.14. The van der Waals surface area contributed by atoms with Gasteiger partial charge in [-0.1, -0.05) is 29.5 Å². The number of thiazole rings is 1. The molecule has 0 saturated carbocycles. The molecule has 0 radical (unpaired) electrons. The van der Waals surface area contributed by atoms with Crippen molar-refractivity contribution in [3.8, 4) is 0 Å². The van der Waals surface area contributed by atoms with Gasteiger partial charge in [0.25, 0.3) is 5.91 Å². The molecule has 0 bridgehead atoms. The Morgan fingerprint density at radius 3 is 2.62 bits per heavy atom. The molecule has 1 aliphatic rings. The number of amides is 1. The van der Waals surface area contributed by atoms with Gasteiger partial charge in [-0.15, -0.1) is 0 Å². The summed E-state index contributed by atoms with van der Waals surface area (Å²) >= 11 is 1.43. The summed E-state index contributed by atoms with van der Waals surface area (Å²) < 4.78 is 0.966. The summed E-state index contributed by atoms with van der Waals surface area (Å²) in [4.78, 5) is 30.6. The standard InChI is InChI=1S/C23H23N7OS/c1-29-11-13-30(14-12-29)20-9-10-24-22(27-20)25-17-7-8-18-19(15-17)32-23(26-18)28-21(31)16-5-3-2-4-6-16/h2-10,15H,11-14H2,1H3,(H,24,25,27)(H,26,28,31). The van der Waals surface area contributed by atoms with Crippen molar-refractivity contribution in [1.29, 1.82) is 0 Å². The van der Waals surface area contributed by atoms with Gasteiger partial charge in [0.05, 0.1) is 10.2 Å². The highest BCUT2D eigenvalue weighted by Gasteiger charge is 2.16. The van der Waals surface area contributed by atoms with E-state index < -0.39 is 0 Å². The van der Waals surface area contributed by atoms with Crippen LogP contribution >= 0.6 is 11.3 Å². The molecule has 2 aromatic heterocycles. The van der Waals surface area contributed by atoms with Gasteiger partial charge in [-0.2, -0.15) is 4.98 Å². The molecule has 0 spiro atoms. The van der Waals surface area contributed by atoms with Gasteiger partial charge < -0.3 is 15.1 Å². The molecule has 3 heterocycles. The zero-order chi connectivity index (χ0) is 21.9. The van der Waals surface area contributed by atoms with Crippen molar-refractivity contribution >= 4 is 50.0 Å². The first-order chi connectivity index (χ1) is 15.6. The zero-order valence-electron chi connectivity index (χ0n) is 17.7. The van der Waals surface area contributed by atoms with E-state index >= 15 is 0 Å². The normalized spacial score (nSPS) is 14.5. The Kier molecular flexibility index (Phi) is 5.66. The minimum Gasteiger partial charge on any atom is -0.354 e. The van der Waals surface area contributed by atoms with Crippen LogP contribution in [-0.4, -0.2) is 59.0 Å². The number of piperazine rings is 1. The SMILES string of the molecule is CN1CCN(c2ccnc(Nc3ccc4nc(NC(=O)c5ccccc5)sc4c3)n2)CC1.